The molecule has 2 aliphatic heterocycles. The van der Waals surface area contributed by atoms with E-state index in [0.717, 1.165) is 49.7 Å². The van der Waals surface area contributed by atoms with Crippen LogP contribution in [0.25, 0.3) is 10.9 Å². The van der Waals surface area contributed by atoms with E-state index in [2.05, 4.69) is 11.9 Å². The van der Waals surface area contributed by atoms with E-state index in [1.165, 1.54) is 0 Å². The summed E-state index contributed by atoms with van der Waals surface area (Å²) < 4.78 is 0. The van der Waals surface area contributed by atoms with Crippen LogP contribution >= 0.6 is 0 Å². The van der Waals surface area contributed by atoms with E-state index in [-0.39, 0.29) is 23.4 Å². The van der Waals surface area contributed by atoms with E-state index in [4.69, 9.17) is 0 Å². The highest BCUT2D eigenvalue weighted by atomic mass is 16.2. The number of likely N-dealkylation sites (tertiary alicyclic amines) is 2. The Kier molecular flexibility index (Phi) is 4.17. The van der Waals surface area contributed by atoms with Crippen LogP contribution in [0.4, 0.5) is 0 Å². The van der Waals surface area contributed by atoms with Crippen molar-refractivity contribution in [2.24, 2.45) is 0 Å². The van der Waals surface area contributed by atoms with E-state index in [0.29, 0.717) is 5.69 Å². The molecule has 5 heteroatoms. The van der Waals surface area contributed by atoms with Crippen LogP contribution in [0.5, 0.6) is 0 Å². The molecule has 0 bridgehead atoms. The van der Waals surface area contributed by atoms with Gasteiger partial charge in [-0.25, -0.2) is 4.98 Å². The van der Waals surface area contributed by atoms with Crippen molar-refractivity contribution in [1.82, 2.24) is 14.8 Å². The third kappa shape index (κ3) is 2.66. The second-order valence-electron chi connectivity index (χ2n) is 7.68. The van der Waals surface area contributed by atoms with Crippen molar-refractivity contribution in [3.8, 4) is 0 Å². The molecule has 2 fully saturated rings. The van der Waals surface area contributed by atoms with Crippen LogP contribution in [-0.4, -0.2) is 51.3 Å². The minimum absolute atomic E-state index is 0.0166. The molecule has 2 amide bonds. The molecule has 2 atom stereocenters. The quantitative estimate of drug-likeness (QED) is 0.792. The highest BCUT2D eigenvalue weighted by Crippen LogP contribution is 2.39. The van der Waals surface area contributed by atoms with Crippen LogP contribution in [0.1, 0.15) is 50.0 Å². The number of carbonyl (C=O) groups excluding carboxylic acids is 2. The molecule has 5 nitrogen and oxygen atoms in total. The van der Waals surface area contributed by atoms with Gasteiger partial charge in [0.25, 0.3) is 5.91 Å². The topological polar surface area (TPSA) is 53.5 Å². The van der Waals surface area contributed by atoms with E-state index >= 15 is 0 Å². The van der Waals surface area contributed by atoms with Crippen LogP contribution in [0.2, 0.25) is 0 Å². The van der Waals surface area contributed by atoms with Gasteiger partial charge >= 0.3 is 0 Å². The van der Waals surface area contributed by atoms with Crippen molar-refractivity contribution in [2.75, 3.05) is 13.1 Å². The lowest BCUT2D eigenvalue weighted by molar-refractivity contribution is -0.143. The molecular weight excluding hydrogens is 326 g/mol. The van der Waals surface area contributed by atoms with Gasteiger partial charge in [-0.2, -0.15) is 0 Å². The average molecular weight is 351 g/mol. The molecule has 2 saturated heterocycles. The number of benzene rings is 1. The molecule has 1 aromatic carbocycles. The molecule has 4 rings (SSSR count). The molecule has 0 unspecified atom stereocenters. The number of amides is 2. The number of hydrogen-bond acceptors (Lipinski definition) is 3. The fourth-order valence-corrected chi connectivity index (χ4v) is 4.84. The monoisotopic (exact) mass is 351 g/mol. The molecular formula is C21H25N3O2. The molecule has 0 N–H and O–H groups in total. The fourth-order valence-electron chi connectivity index (χ4n) is 4.84. The van der Waals surface area contributed by atoms with Gasteiger partial charge in [0.15, 0.2) is 0 Å². The van der Waals surface area contributed by atoms with Gasteiger partial charge in [-0.1, -0.05) is 24.3 Å². The van der Waals surface area contributed by atoms with Gasteiger partial charge < -0.3 is 9.80 Å². The highest BCUT2D eigenvalue weighted by Gasteiger charge is 2.49. The number of rotatable bonds is 1. The summed E-state index contributed by atoms with van der Waals surface area (Å²) in [6, 6.07) is 11.7. The Morgan fingerprint density at radius 3 is 2.73 bits per heavy atom. The maximum Gasteiger partial charge on any atom is 0.272 e. The van der Waals surface area contributed by atoms with Gasteiger partial charge in [-0.15, -0.1) is 0 Å². The van der Waals surface area contributed by atoms with Gasteiger partial charge in [0.2, 0.25) is 5.91 Å². The number of para-hydroxylation sites is 1. The zero-order chi connectivity index (χ0) is 18.3. The third-order valence-corrected chi connectivity index (χ3v) is 6.11. The normalized spacial score (nSPS) is 25.8. The first-order valence-corrected chi connectivity index (χ1v) is 9.46. The van der Waals surface area contributed by atoms with E-state index < -0.39 is 0 Å². The molecule has 2 aromatic rings. The summed E-state index contributed by atoms with van der Waals surface area (Å²) in [6.07, 6.45) is 3.75. The van der Waals surface area contributed by atoms with E-state index in [9.17, 15) is 9.59 Å². The number of aromatic nitrogens is 1. The van der Waals surface area contributed by atoms with Crippen molar-refractivity contribution < 1.29 is 9.59 Å². The van der Waals surface area contributed by atoms with Crippen molar-refractivity contribution in [1.29, 1.82) is 0 Å². The SMILES string of the molecule is CC(=O)N1CCC[C@@H]2N(C(=O)c3ccc4ccccc4n3)CCC[C@@]21C. The Morgan fingerprint density at radius 2 is 1.92 bits per heavy atom. The van der Waals surface area contributed by atoms with Gasteiger partial charge in [0, 0.05) is 25.4 Å². The lowest BCUT2D eigenvalue weighted by Gasteiger charge is -2.56. The first kappa shape index (κ1) is 17.0. The number of pyridine rings is 1. The van der Waals surface area contributed by atoms with Crippen molar-refractivity contribution in [3.05, 3.63) is 42.1 Å². The second kappa shape index (κ2) is 6.38. The largest absolute Gasteiger partial charge is 0.335 e. The molecule has 136 valence electrons. The van der Waals surface area contributed by atoms with Crippen LogP contribution < -0.4 is 0 Å². The molecule has 0 saturated carbocycles. The predicted octanol–water partition coefficient (Wildman–Crippen LogP) is 3.24. The summed E-state index contributed by atoms with van der Waals surface area (Å²) in [5, 5.41) is 1.04. The summed E-state index contributed by atoms with van der Waals surface area (Å²) in [6.45, 7) is 5.31. The summed E-state index contributed by atoms with van der Waals surface area (Å²) in [5.74, 6) is 0.0902. The Labute approximate surface area is 154 Å². The number of fused-ring (bicyclic) bond motifs is 2. The number of piperidine rings is 2. The zero-order valence-corrected chi connectivity index (χ0v) is 15.4. The summed E-state index contributed by atoms with van der Waals surface area (Å²) in [7, 11) is 0. The minimum Gasteiger partial charge on any atom is -0.335 e. The molecule has 26 heavy (non-hydrogen) atoms. The van der Waals surface area contributed by atoms with Crippen molar-refractivity contribution in [3.63, 3.8) is 0 Å². The Hall–Kier alpha value is -2.43. The van der Waals surface area contributed by atoms with Crippen LogP contribution in [0.3, 0.4) is 0 Å². The fraction of sp³-hybridized carbons (Fsp3) is 0.476. The highest BCUT2D eigenvalue weighted by molar-refractivity contribution is 5.95. The van der Waals surface area contributed by atoms with Gasteiger partial charge in [0.05, 0.1) is 17.1 Å². The minimum atomic E-state index is -0.269. The maximum absolute atomic E-state index is 13.3. The smallest absolute Gasteiger partial charge is 0.272 e. The lowest BCUT2D eigenvalue weighted by Crippen LogP contribution is -2.68. The molecule has 2 aliphatic rings. The standard InChI is InChI=1S/C21H25N3O2/c1-15(25)24-14-5-9-19-21(24,2)12-6-13-23(19)20(26)18-11-10-16-7-3-4-8-17(16)22-18/h3-4,7-8,10-11,19H,5-6,9,12-14H2,1-2H3/t19-,21-/m0/s1. The summed E-state index contributed by atoms with van der Waals surface area (Å²) >= 11 is 0. The molecule has 0 spiro atoms. The average Bonchev–Trinajstić information content (AvgIpc) is 2.65. The lowest BCUT2D eigenvalue weighted by atomic mass is 9.76. The van der Waals surface area contributed by atoms with Gasteiger partial charge in [0.1, 0.15) is 5.69 Å². The van der Waals surface area contributed by atoms with E-state index in [1.54, 1.807) is 6.92 Å². The molecule has 0 radical (unpaired) electrons. The third-order valence-electron chi connectivity index (χ3n) is 6.11. The molecule has 0 aliphatic carbocycles. The second-order valence-corrected chi connectivity index (χ2v) is 7.68. The first-order chi connectivity index (χ1) is 12.5. The Morgan fingerprint density at radius 1 is 1.12 bits per heavy atom. The van der Waals surface area contributed by atoms with Crippen LogP contribution in [0.15, 0.2) is 36.4 Å². The Bertz CT molecular complexity index is 865. The summed E-state index contributed by atoms with van der Waals surface area (Å²) in [4.78, 5) is 34.0. The van der Waals surface area contributed by atoms with Crippen LogP contribution in [-0.2, 0) is 4.79 Å². The molecule has 1 aromatic heterocycles. The number of carbonyl (C=O) groups is 2. The van der Waals surface area contributed by atoms with Crippen molar-refractivity contribution >= 4 is 22.7 Å². The van der Waals surface area contributed by atoms with Crippen LogP contribution in [0, 0.1) is 0 Å². The Balaban J connectivity index is 1.67. The first-order valence-electron chi connectivity index (χ1n) is 9.46. The van der Waals surface area contributed by atoms with E-state index in [1.807, 2.05) is 46.2 Å². The number of hydrogen-bond donors (Lipinski definition) is 0. The maximum atomic E-state index is 13.3. The number of nitrogens with zero attached hydrogens (tertiary/aromatic N) is 3. The van der Waals surface area contributed by atoms with Gasteiger partial charge in [-0.3, -0.25) is 9.59 Å². The van der Waals surface area contributed by atoms with Crippen molar-refractivity contribution in [2.45, 2.75) is 51.1 Å². The predicted molar refractivity (Wildman–Crippen MR) is 101 cm³/mol. The zero-order valence-electron chi connectivity index (χ0n) is 15.4. The molecule has 3 heterocycles. The summed E-state index contributed by atoms with van der Waals surface area (Å²) in [5.41, 5.74) is 1.06. The van der Waals surface area contributed by atoms with Gasteiger partial charge in [-0.05, 0) is 44.7 Å².